The Hall–Kier alpha value is -1.68. The Morgan fingerprint density at radius 1 is 1.44 bits per heavy atom. The van der Waals surface area contributed by atoms with Crippen molar-refractivity contribution in [3.63, 3.8) is 0 Å². The monoisotopic (exact) mass is 247 g/mol. The van der Waals surface area contributed by atoms with Crippen LogP contribution in [0.2, 0.25) is 0 Å². The van der Waals surface area contributed by atoms with E-state index in [4.69, 9.17) is 5.73 Å². The van der Waals surface area contributed by atoms with Crippen molar-refractivity contribution in [3.05, 3.63) is 47.8 Å². The third kappa shape index (κ3) is 2.29. The van der Waals surface area contributed by atoms with Gasteiger partial charge in [0.15, 0.2) is 0 Å². The first-order valence-corrected chi connectivity index (χ1v) is 6.21. The molecule has 0 spiro atoms. The van der Waals surface area contributed by atoms with Gasteiger partial charge in [-0.05, 0) is 25.5 Å². The molecule has 0 saturated heterocycles. The molecule has 96 valence electrons. The number of nitrogens with zero attached hydrogens (tertiary/aromatic N) is 2. The highest BCUT2D eigenvalue weighted by molar-refractivity contribution is 5.44. The van der Waals surface area contributed by atoms with E-state index in [2.05, 4.69) is 11.9 Å². The third-order valence-electron chi connectivity index (χ3n) is 2.94. The summed E-state index contributed by atoms with van der Waals surface area (Å²) >= 11 is 0. The van der Waals surface area contributed by atoms with Crippen molar-refractivity contribution < 1.29 is 4.39 Å². The van der Waals surface area contributed by atoms with Crippen LogP contribution in [0, 0.1) is 5.82 Å². The second kappa shape index (κ2) is 5.31. The van der Waals surface area contributed by atoms with E-state index in [0.29, 0.717) is 5.56 Å². The lowest BCUT2D eigenvalue weighted by molar-refractivity contribution is 0.590. The molecule has 0 bridgehead atoms. The van der Waals surface area contributed by atoms with E-state index in [1.165, 1.54) is 6.07 Å². The molecule has 1 aromatic carbocycles. The summed E-state index contributed by atoms with van der Waals surface area (Å²) in [6.45, 7) is 3.88. The fraction of sp³-hybridized carbons (Fsp3) is 0.357. The summed E-state index contributed by atoms with van der Waals surface area (Å²) in [5.74, 6) is 0.670. The minimum Gasteiger partial charge on any atom is -0.324 e. The first-order chi connectivity index (χ1) is 8.65. The number of aryl methyl sites for hydroxylation is 1. The molecule has 18 heavy (non-hydrogen) atoms. The summed E-state index contributed by atoms with van der Waals surface area (Å²) in [6, 6.07) is 4.67. The van der Waals surface area contributed by atoms with Gasteiger partial charge in [-0.1, -0.05) is 13.0 Å². The van der Waals surface area contributed by atoms with Crippen molar-refractivity contribution >= 4 is 0 Å². The molecule has 0 aliphatic rings. The standard InChI is InChI=1S/C14H18FN3/c1-3-5-13-17-8-9-18(13)12-7-4-6-11(15)14(12)10(2)16/h4,6-10H,3,5,16H2,1-2H3. The molecule has 1 unspecified atom stereocenters. The van der Waals surface area contributed by atoms with Crippen molar-refractivity contribution in [1.29, 1.82) is 0 Å². The third-order valence-corrected chi connectivity index (χ3v) is 2.94. The summed E-state index contributed by atoms with van der Waals surface area (Å²) in [7, 11) is 0. The molecule has 0 saturated carbocycles. The van der Waals surface area contributed by atoms with Crippen LogP contribution in [0.5, 0.6) is 0 Å². The summed E-state index contributed by atoms with van der Waals surface area (Å²) in [6.07, 6.45) is 5.45. The lowest BCUT2D eigenvalue weighted by Gasteiger charge is -2.16. The Kier molecular flexibility index (Phi) is 3.77. The van der Waals surface area contributed by atoms with E-state index in [0.717, 1.165) is 24.4 Å². The lowest BCUT2D eigenvalue weighted by Crippen LogP contribution is -2.13. The summed E-state index contributed by atoms with van der Waals surface area (Å²) < 4.78 is 15.8. The van der Waals surface area contributed by atoms with Crippen molar-refractivity contribution in [3.8, 4) is 5.69 Å². The van der Waals surface area contributed by atoms with E-state index in [9.17, 15) is 4.39 Å². The number of aromatic nitrogens is 2. The van der Waals surface area contributed by atoms with Gasteiger partial charge >= 0.3 is 0 Å². The van der Waals surface area contributed by atoms with Crippen LogP contribution in [-0.2, 0) is 6.42 Å². The molecular weight excluding hydrogens is 229 g/mol. The number of hydrogen-bond acceptors (Lipinski definition) is 2. The Labute approximate surface area is 106 Å². The van der Waals surface area contributed by atoms with Gasteiger partial charge in [-0.3, -0.25) is 0 Å². The highest BCUT2D eigenvalue weighted by atomic mass is 19.1. The van der Waals surface area contributed by atoms with Crippen LogP contribution in [0.25, 0.3) is 5.69 Å². The van der Waals surface area contributed by atoms with Crippen LogP contribution in [0.15, 0.2) is 30.6 Å². The van der Waals surface area contributed by atoms with Gasteiger partial charge in [-0.25, -0.2) is 9.37 Å². The maximum absolute atomic E-state index is 13.9. The smallest absolute Gasteiger partial charge is 0.130 e. The Morgan fingerprint density at radius 2 is 2.22 bits per heavy atom. The number of imidazole rings is 1. The predicted octanol–water partition coefficient (Wildman–Crippen LogP) is 2.98. The second-order valence-electron chi connectivity index (χ2n) is 4.42. The fourth-order valence-electron chi connectivity index (χ4n) is 2.15. The zero-order valence-electron chi connectivity index (χ0n) is 10.7. The maximum atomic E-state index is 13.9. The predicted molar refractivity (Wildman–Crippen MR) is 70.1 cm³/mol. The molecule has 2 N–H and O–H groups in total. The van der Waals surface area contributed by atoms with Crippen molar-refractivity contribution in [2.75, 3.05) is 0 Å². The Bertz CT molecular complexity index is 532. The molecule has 0 aliphatic heterocycles. The van der Waals surface area contributed by atoms with Crippen LogP contribution in [0.3, 0.4) is 0 Å². The van der Waals surface area contributed by atoms with Gasteiger partial charge in [0.2, 0.25) is 0 Å². The Morgan fingerprint density at radius 3 is 2.89 bits per heavy atom. The van der Waals surface area contributed by atoms with E-state index in [1.807, 2.05) is 16.8 Å². The number of halogens is 1. The largest absolute Gasteiger partial charge is 0.324 e. The SMILES string of the molecule is CCCc1nccn1-c1cccc(F)c1C(C)N. The number of hydrogen-bond donors (Lipinski definition) is 1. The molecule has 2 aromatic rings. The molecule has 1 aromatic heterocycles. The molecule has 4 heteroatoms. The highest BCUT2D eigenvalue weighted by Crippen LogP contribution is 2.24. The van der Waals surface area contributed by atoms with Gasteiger partial charge in [-0.2, -0.15) is 0 Å². The molecule has 0 radical (unpaired) electrons. The fourth-order valence-corrected chi connectivity index (χ4v) is 2.15. The first kappa shape index (κ1) is 12.8. The van der Waals surface area contributed by atoms with Crippen LogP contribution in [0.1, 0.15) is 37.7 Å². The van der Waals surface area contributed by atoms with E-state index in [-0.39, 0.29) is 11.9 Å². The van der Waals surface area contributed by atoms with Gasteiger partial charge in [0.25, 0.3) is 0 Å². The summed E-state index contributed by atoms with van der Waals surface area (Å²) in [4.78, 5) is 4.31. The van der Waals surface area contributed by atoms with Crippen molar-refractivity contribution in [1.82, 2.24) is 9.55 Å². The summed E-state index contributed by atoms with van der Waals surface area (Å²) in [5.41, 5.74) is 7.19. The number of rotatable bonds is 4. The zero-order chi connectivity index (χ0) is 13.1. The molecular formula is C14H18FN3. The lowest BCUT2D eigenvalue weighted by atomic mass is 10.1. The van der Waals surface area contributed by atoms with E-state index < -0.39 is 0 Å². The average Bonchev–Trinajstić information content (AvgIpc) is 2.76. The highest BCUT2D eigenvalue weighted by Gasteiger charge is 2.15. The van der Waals surface area contributed by atoms with Crippen molar-refractivity contribution in [2.24, 2.45) is 5.73 Å². The Balaban J connectivity index is 2.56. The van der Waals surface area contributed by atoms with Crippen LogP contribution >= 0.6 is 0 Å². The van der Waals surface area contributed by atoms with Gasteiger partial charge in [0, 0.05) is 30.4 Å². The molecule has 3 nitrogen and oxygen atoms in total. The molecule has 0 amide bonds. The van der Waals surface area contributed by atoms with Gasteiger partial charge < -0.3 is 10.3 Å². The molecule has 1 atom stereocenters. The van der Waals surface area contributed by atoms with Crippen LogP contribution < -0.4 is 5.73 Å². The minimum atomic E-state index is -0.349. The quantitative estimate of drug-likeness (QED) is 0.902. The normalized spacial score (nSPS) is 12.7. The zero-order valence-corrected chi connectivity index (χ0v) is 10.7. The first-order valence-electron chi connectivity index (χ1n) is 6.21. The second-order valence-corrected chi connectivity index (χ2v) is 4.42. The maximum Gasteiger partial charge on any atom is 0.130 e. The van der Waals surface area contributed by atoms with Gasteiger partial charge in [-0.15, -0.1) is 0 Å². The number of nitrogens with two attached hydrogens (primary N) is 1. The van der Waals surface area contributed by atoms with Crippen molar-refractivity contribution in [2.45, 2.75) is 32.7 Å². The number of benzene rings is 1. The molecule has 0 aliphatic carbocycles. The van der Waals surface area contributed by atoms with E-state index in [1.54, 1.807) is 19.2 Å². The van der Waals surface area contributed by atoms with Crippen LogP contribution in [-0.4, -0.2) is 9.55 Å². The summed E-state index contributed by atoms with van der Waals surface area (Å²) in [5, 5.41) is 0. The van der Waals surface area contributed by atoms with E-state index >= 15 is 0 Å². The van der Waals surface area contributed by atoms with Crippen LogP contribution in [0.4, 0.5) is 4.39 Å². The average molecular weight is 247 g/mol. The molecule has 2 rings (SSSR count). The van der Waals surface area contributed by atoms with Gasteiger partial charge in [0.1, 0.15) is 11.6 Å². The molecule has 1 heterocycles. The minimum absolute atomic E-state index is 0.265. The van der Waals surface area contributed by atoms with Gasteiger partial charge in [0.05, 0.1) is 5.69 Å². The topological polar surface area (TPSA) is 43.8 Å². The molecule has 0 fully saturated rings.